The summed E-state index contributed by atoms with van der Waals surface area (Å²) in [6.07, 6.45) is 0.977. The largest absolute Gasteiger partial charge is 0.433 e. The fourth-order valence-corrected chi connectivity index (χ4v) is 2.84. The van der Waals surface area contributed by atoms with Gasteiger partial charge in [0.05, 0.1) is 5.69 Å². The summed E-state index contributed by atoms with van der Waals surface area (Å²) in [5, 5.41) is 4.37. The fourth-order valence-electron chi connectivity index (χ4n) is 2.84. The van der Waals surface area contributed by atoms with Crippen LogP contribution in [0.4, 0.5) is 19.0 Å². The highest BCUT2D eigenvalue weighted by molar-refractivity contribution is 5.51. The minimum Gasteiger partial charge on any atom is -0.308 e. The zero-order valence-electron chi connectivity index (χ0n) is 11.3. The summed E-state index contributed by atoms with van der Waals surface area (Å²) < 4.78 is 39.8. The van der Waals surface area contributed by atoms with Crippen LogP contribution in [-0.4, -0.2) is 14.6 Å². The van der Waals surface area contributed by atoms with Crippen LogP contribution in [0.5, 0.6) is 0 Å². The van der Waals surface area contributed by atoms with Crippen LogP contribution in [0.1, 0.15) is 49.4 Å². The molecule has 2 aromatic rings. The number of rotatable bonds is 2. The smallest absolute Gasteiger partial charge is 0.308 e. The van der Waals surface area contributed by atoms with Gasteiger partial charge < -0.3 is 5.43 Å². The lowest BCUT2D eigenvalue weighted by atomic mass is 9.87. The first-order chi connectivity index (χ1) is 9.99. The maximum Gasteiger partial charge on any atom is 0.433 e. The van der Waals surface area contributed by atoms with E-state index < -0.39 is 11.9 Å². The third-order valence-electron chi connectivity index (χ3n) is 3.91. The Morgan fingerprint density at radius 3 is 2.52 bits per heavy atom. The van der Waals surface area contributed by atoms with E-state index in [0.29, 0.717) is 5.92 Å². The molecule has 0 aromatic carbocycles. The molecular weight excluding hydrogens is 283 g/mol. The van der Waals surface area contributed by atoms with Gasteiger partial charge in [-0.05, 0) is 12.8 Å². The van der Waals surface area contributed by atoms with Crippen molar-refractivity contribution in [3.63, 3.8) is 0 Å². The molecular formula is C13H16F3N5. The van der Waals surface area contributed by atoms with Gasteiger partial charge in [-0.1, -0.05) is 19.3 Å². The maximum atomic E-state index is 12.8. The molecule has 1 aliphatic rings. The normalized spacial score (nSPS) is 17.3. The van der Waals surface area contributed by atoms with E-state index in [1.54, 1.807) is 6.07 Å². The molecule has 0 radical (unpaired) electrons. The van der Waals surface area contributed by atoms with E-state index in [4.69, 9.17) is 5.84 Å². The van der Waals surface area contributed by atoms with Gasteiger partial charge in [-0.3, -0.25) is 0 Å². The number of anilines is 1. The number of alkyl halides is 3. The van der Waals surface area contributed by atoms with Crippen molar-refractivity contribution in [2.45, 2.75) is 44.2 Å². The predicted octanol–water partition coefficient (Wildman–Crippen LogP) is 3.08. The van der Waals surface area contributed by atoms with Crippen molar-refractivity contribution in [3.8, 4) is 0 Å². The van der Waals surface area contributed by atoms with Crippen molar-refractivity contribution < 1.29 is 13.2 Å². The second kappa shape index (κ2) is 5.18. The summed E-state index contributed by atoms with van der Waals surface area (Å²) in [6.45, 7) is 0. The standard InChI is InChI=1S/C13H16F3N5/c14-13(15,16)10-7-12(19-17)21-11(18-10)6-9(20-21)8-4-2-1-3-5-8/h6-8,19H,1-5,17H2. The number of fused-ring (bicyclic) bond motifs is 1. The van der Waals surface area contributed by atoms with Crippen LogP contribution in [0.2, 0.25) is 0 Å². The maximum absolute atomic E-state index is 12.8. The van der Waals surface area contributed by atoms with Gasteiger partial charge in [-0.15, -0.1) is 0 Å². The summed E-state index contributed by atoms with van der Waals surface area (Å²) >= 11 is 0. The molecule has 0 atom stereocenters. The van der Waals surface area contributed by atoms with Gasteiger partial charge in [0.25, 0.3) is 0 Å². The minimum absolute atomic E-state index is 0.0781. The van der Waals surface area contributed by atoms with Crippen molar-refractivity contribution >= 4 is 11.5 Å². The molecule has 1 aliphatic carbocycles. The fraction of sp³-hybridized carbons (Fsp3) is 0.538. The molecule has 3 N–H and O–H groups in total. The van der Waals surface area contributed by atoms with Crippen LogP contribution < -0.4 is 11.3 Å². The van der Waals surface area contributed by atoms with E-state index in [1.807, 2.05) is 0 Å². The molecule has 0 bridgehead atoms. The van der Waals surface area contributed by atoms with Crippen molar-refractivity contribution in [1.29, 1.82) is 0 Å². The molecule has 21 heavy (non-hydrogen) atoms. The van der Waals surface area contributed by atoms with Crippen LogP contribution in [0, 0.1) is 0 Å². The van der Waals surface area contributed by atoms with Gasteiger partial charge in [-0.2, -0.15) is 22.8 Å². The molecule has 8 heteroatoms. The van der Waals surface area contributed by atoms with E-state index in [0.717, 1.165) is 37.4 Å². The van der Waals surface area contributed by atoms with Gasteiger partial charge in [0, 0.05) is 18.1 Å². The second-order valence-corrected chi connectivity index (χ2v) is 5.34. The number of aromatic nitrogens is 3. The Morgan fingerprint density at radius 1 is 1.19 bits per heavy atom. The summed E-state index contributed by atoms with van der Waals surface area (Å²) in [7, 11) is 0. The monoisotopic (exact) mass is 299 g/mol. The lowest BCUT2D eigenvalue weighted by Crippen LogP contribution is -2.16. The van der Waals surface area contributed by atoms with Gasteiger partial charge in [0.2, 0.25) is 0 Å². The second-order valence-electron chi connectivity index (χ2n) is 5.34. The number of nitrogens with one attached hydrogen (secondary N) is 1. The van der Waals surface area contributed by atoms with E-state index >= 15 is 0 Å². The van der Waals surface area contributed by atoms with Gasteiger partial charge in [-0.25, -0.2) is 10.8 Å². The Hall–Kier alpha value is -1.83. The van der Waals surface area contributed by atoms with E-state index in [9.17, 15) is 13.2 Å². The van der Waals surface area contributed by atoms with Crippen LogP contribution in [0.3, 0.4) is 0 Å². The number of hydrogen-bond acceptors (Lipinski definition) is 4. The molecule has 5 nitrogen and oxygen atoms in total. The lowest BCUT2D eigenvalue weighted by Gasteiger charge is -2.19. The first-order valence-electron chi connectivity index (χ1n) is 6.93. The zero-order valence-corrected chi connectivity index (χ0v) is 11.3. The highest BCUT2D eigenvalue weighted by Crippen LogP contribution is 2.34. The Morgan fingerprint density at radius 2 is 1.90 bits per heavy atom. The molecule has 2 heterocycles. The Labute approximate surface area is 119 Å². The predicted molar refractivity (Wildman–Crippen MR) is 71.6 cm³/mol. The van der Waals surface area contributed by atoms with E-state index in [1.165, 1.54) is 10.9 Å². The Kier molecular flexibility index (Phi) is 3.48. The first-order valence-corrected chi connectivity index (χ1v) is 6.93. The molecule has 1 saturated carbocycles. The molecule has 1 fully saturated rings. The number of hydrogen-bond donors (Lipinski definition) is 2. The lowest BCUT2D eigenvalue weighted by molar-refractivity contribution is -0.141. The van der Waals surface area contributed by atoms with E-state index in [-0.39, 0.29) is 11.5 Å². The third kappa shape index (κ3) is 2.67. The number of nitrogens with two attached hydrogens (primary N) is 1. The number of nitrogens with zero attached hydrogens (tertiary/aromatic N) is 3. The molecule has 0 saturated heterocycles. The topological polar surface area (TPSA) is 68.2 Å². The van der Waals surface area contributed by atoms with Gasteiger partial charge in [0.15, 0.2) is 11.3 Å². The van der Waals surface area contributed by atoms with Crippen molar-refractivity contribution in [1.82, 2.24) is 14.6 Å². The molecule has 0 spiro atoms. The number of hydrazine groups is 1. The molecule has 0 aliphatic heterocycles. The number of nitrogen functional groups attached to an aromatic ring is 1. The van der Waals surface area contributed by atoms with Crippen LogP contribution in [0.15, 0.2) is 12.1 Å². The Balaban J connectivity index is 2.07. The molecule has 0 amide bonds. The van der Waals surface area contributed by atoms with Crippen molar-refractivity contribution in [2.24, 2.45) is 5.84 Å². The average molecular weight is 299 g/mol. The van der Waals surface area contributed by atoms with Crippen LogP contribution in [-0.2, 0) is 6.18 Å². The minimum atomic E-state index is -4.51. The molecule has 3 rings (SSSR count). The van der Waals surface area contributed by atoms with Gasteiger partial charge in [0.1, 0.15) is 5.82 Å². The zero-order chi connectivity index (χ0) is 15.0. The highest BCUT2D eigenvalue weighted by Gasteiger charge is 2.34. The van der Waals surface area contributed by atoms with Crippen molar-refractivity contribution in [3.05, 3.63) is 23.5 Å². The SMILES string of the molecule is NNc1cc(C(F)(F)F)nc2cc(C3CCCCC3)nn12. The summed E-state index contributed by atoms with van der Waals surface area (Å²) in [6, 6.07) is 2.50. The first kappa shape index (κ1) is 14.1. The van der Waals surface area contributed by atoms with Gasteiger partial charge >= 0.3 is 6.18 Å². The quantitative estimate of drug-likeness (QED) is 0.660. The highest BCUT2D eigenvalue weighted by atomic mass is 19.4. The van der Waals surface area contributed by atoms with Crippen molar-refractivity contribution in [2.75, 3.05) is 5.43 Å². The molecule has 0 unspecified atom stereocenters. The van der Waals surface area contributed by atoms with Crippen LogP contribution >= 0.6 is 0 Å². The third-order valence-corrected chi connectivity index (χ3v) is 3.91. The van der Waals surface area contributed by atoms with E-state index in [2.05, 4.69) is 15.5 Å². The summed E-state index contributed by atoms with van der Waals surface area (Å²) in [4.78, 5) is 3.65. The Bertz CT molecular complexity index is 643. The molecule has 114 valence electrons. The molecule has 2 aromatic heterocycles. The average Bonchev–Trinajstić information content (AvgIpc) is 2.90. The summed E-state index contributed by atoms with van der Waals surface area (Å²) in [5.74, 6) is 5.68. The van der Waals surface area contributed by atoms with Crippen LogP contribution in [0.25, 0.3) is 5.65 Å². The summed E-state index contributed by atoms with van der Waals surface area (Å²) in [5.41, 5.74) is 2.24. The number of halogens is 3.